The molecule has 2 heterocycles. The Morgan fingerprint density at radius 2 is 2.29 bits per heavy atom. The summed E-state index contributed by atoms with van der Waals surface area (Å²) in [5, 5.41) is 0. The van der Waals surface area contributed by atoms with Crippen LogP contribution < -0.4 is 16.4 Å². The maximum atomic E-state index is 11.4. The summed E-state index contributed by atoms with van der Waals surface area (Å²) >= 11 is 0. The zero-order chi connectivity index (χ0) is 12.3. The van der Waals surface area contributed by atoms with Gasteiger partial charge in [0.05, 0.1) is 18.9 Å². The Morgan fingerprint density at radius 3 is 3.00 bits per heavy atom. The fraction of sp³-hybridized carbons (Fsp3) is 0.500. The summed E-state index contributed by atoms with van der Waals surface area (Å²) in [5.74, 6) is 0.181. The van der Waals surface area contributed by atoms with Gasteiger partial charge in [-0.2, -0.15) is 0 Å². The molecule has 92 valence electrons. The highest BCUT2D eigenvalue weighted by molar-refractivity contribution is 5.83. The number of nitrogens with zero attached hydrogens (tertiary/aromatic N) is 3. The molecule has 1 saturated heterocycles. The van der Waals surface area contributed by atoms with Crippen LogP contribution in [0.5, 0.6) is 0 Å². The number of hydrogen-bond donors (Lipinski definition) is 2. The summed E-state index contributed by atoms with van der Waals surface area (Å²) in [6.07, 6.45) is 3.15. The molecule has 1 atom stereocenters. The van der Waals surface area contributed by atoms with Crippen LogP contribution in [0.1, 0.15) is 5.69 Å². The third kappa shape index (κ3) is 2.34. The molecule has 1 fully saturated rings. The van der Waals surface area contributed by atoms with Crippen molar-refractivity contribution in [2.75, 3.05) is 24.7 Å². The molecule has 1 unspecified atom stereocenters. The Hall–Kier alpha value is -1.73. The molecule has 0 spiro atoms. The van der Waals surface area contributed by atoms with Crippen molar-refractivity contribution < 1.29 is 9.53 Å². The number of anilines is 1. The van der Waals surface area contributed by atoms with E-state index in [-0.39, 0.29) is 13.2 Å². The lowest BCUT2D eigenvalue weighted by Gasteiger charge is -2.35. The van der Waals surface area contributed by atoms with Crippen LogP contribution in [0.2, 0.25) is 0 Å². The summed E-state index contributed by atoms with van der Waals surface area (Å²) in [5.41, 5.74) is 11.6. The predicted molar refractivity (Wildman–Crippen MR) is 61.1 cm³/mol. The summed E-state index contributed by atoms with van der Waals surface area (Å²) in [7, 11) is 0. The molecule has 2 rings (SSSR count). The number of morpholine rings is 1. The van der Waals surface area contributed by atoms with Crippen LogP contribution in [0.3, 0.4) is 0 Å². The third-order valence-corrected chi connectivity index (χ3v) is 2.67. The number of hydrogen-bond acceptors (Lipinski definition) is 6. The van der Waals surface area contributed by atoms with E-state index in [0.29, 0.717) is 24.7 Å². The van der Waals surface area contributed by atoms with Gasteiger partial charge >= 0.3 is 0 Å². The minimum atomic E-state index is -0.509. The van der Waals surface area contributed by atoms with Gasteiger partial charge in [0.25, 0.3) is 0 Å². The fourth-order valence-corrected chi connectivity index (χ4v) is 1.84. The number of primary amides is 1. The molecule has 0 bridgehead atoms. The number of amides is 1. The number of rotatable bonds is 3. The van der Waals surface area contributed by atoms with Crippen molar-refractivity contribution in [3.63, 3.8) is 0 Å². The van der Waals surface area contributed by atoms with Crippen molar-refractivity contribution >= 4 is 11.7 Å². The van der Waals surface area contributed by atoms with Gasteiger partial charge in [0, 0.05) is 25.5 Å². The highest BCUT2D eigenvalue weighted by Crippen LogP contribution is 2.19. The van der Waals surface area contributed by atoms with E-state index in [1.54, 1.807) is 17.3 Å². The number of ether oxygens (including phenoxy) is 1. The molecular formula is C10H15N5O2. The smallest absolute Gasteiger partial charge is 0.242 e. The van der Waals surface area contributed by atoms with E-state index in [2.05, 4.69) is 9.97 Å². The van der Waals surface area contributed by atoms with Crippen molar-refractivity contribution in [3.8, 4) is 0 Å². The van der Waals surface area contributed by atoms with Crippen molar-refractivity contribution in [1.82, 2.24) is 9.97 Å². The van der Waals surface area contributed by atoms with Gasteiger partial charge < -0.3 is 21.1 Å². The number of aromatic nitrogens is 2. The lowest BCUT2D eigenvalue weighted by atomic mass is 10.2. The van der Waals surface area contributed by atoms with E-state index in [0.717, 1.165) is 0 Å². The SMILES string of the molecule is NCc1nccnc1N1CCOCC1C(N)=O. The first-order chi connectivity index (χ1) is 8.24. The normalized spacial score (nSPS) is 20.3. The van der Waals surface area contributed by atoms with Crippen molar-refractivity contribution in [1.29, 1.82) is 0 Å². The second-order valence-corrected chi connectivity index (χ2v) is 3.72. The van der Waals surface area contributed by atoms with E-state index >= 15 is 0 Å². The largest absolute Gasteiger partial charge is 0.377 e. The molecule has 0 aliphatic carbocycles. The Bertz CT molecular complexity index is 411. The van der Waals surface area contributed by atoms with Gasteiger partial charge in [0.1, 0.15) is 6.04 Å². The maximum Gasteiger partial charge on any atom is 0.242 e. The minimum Gasteiger partial charge on any atom is -0.377 e. The first-order valence-electron chi connectivity index (χ1n) is 5.37. The third-order valence-electron chi connectivity index (χ3n) is 2.67. The molecule has 1 aliphatic heterocycles. The van der Waals surface area contributed by atoms with E-state index in [1.807, 2.05) is 0 Å². The van der Waals surface area contributed by atoms with E-state index < -0.39 is 11.9 Å². The summed E-state index contributed by atoms with van der Waals surface area (Å²) in [6.45, 7) is 1.63. The summed E-state index contributed by atoms with van der Waals surface area (Å²) in [6, 6.07) is -0.509. The monoisotopic (exact) mass is 237 g/mol. The average Bonchev–Trinajstić information content (AvgIpc) is 2.38. The average molecular weight is 237 g/mol. The van der Waals surface area contributed by atoms with Gasteiger partial charge in [-0.15, -0.1) is 0 Å². The van der Waals surface area contributed by atoms with Crippen LogP contribution in [-0.4, -0.2) is 41.7 Å². The van der Waals surface area contributed by atoms with Gasteiger partial charge in [-0.05, 0) is 0 Å². The van der Waals surface area contributed by atoms with E-state index in [9.17, 15) is 4.79 Å². The highest BCUT2D eigenvalue weighted by atomic mass is 16.5. The van der Waals surface area contributed by atoms with Crippen molar-refractivity contribution in [2.45, 2.75) is 12.6 Å². The van der Waals surface area contributed by atoms with Crippen LogP contribution in [0.25, 0.3) is 0 Å². The maximum absolute atomic E-state index is 11.4. The molecule has 0 radical (unpaired) electrons. The second kappa shape index (κ2) is 5.07. The minimum absolute atomic E-state index is 0.270. The quantitative estimate of drug-likeness (QED) is 0.671. The molecular weight excluding hydrogens is 222 g/mol. The van der Waals surface area contributed by atoms with E-state index in [4.69, 9.17) is 16.2 Å². The van der Waals surface area contributed by atoms with Gasteiger partial charge in [-0.1, -0.05) is 0 Å². The van der Waals surface area contributed by atoms with Gasteiger partial charge in [0.2, 0.25) is 5.91 Å². The van der Waals surface area contributed by atoms with E-state index in [1.165, 1.54) is 0 Å². The Morgan fingerprint density at radius 1 is 1.53 bits per heavy atom. The standard InChI is InChI=1S/C10H15N5O2/c11-5-7-10(14-2-1-13-7)15-3-4-17-6-8(15)9(12)16/h1-2,8H,3-6,11H2,(H2,12,16). The number of carbonyl (C=O) groups is 1. The molecule has 1 aliphatic rings. The topological polar surface area (TPSA) is 107 Å². The Labute approximate surface area is 98.8 Å². The second-order valence-electron chi connectivity index (χ2n) is 3.72. The number of nitrogens with two attached hydrogens (primary N) is 2. The molecule has 7 nitrogen and oxygen atoms in total. The van der Waals surface area contributed by atoms with Crippen LogP contribution in [0.4, 0.5) is 5.82 Å². The molecule has 7 heteroatoms. The molecule has 1 amide bonds. The zero-order valence-electron chi connectivity index (χ0n) is 9.37. The van der Waals surface area contributed by atoms with Gasteiger partial charge in [0.15, 0.2) is 5.82 Å². The molecule has 1 aromatic heterocycles. The molecule has 0 aromatic carbocycles. The van der Waals surface area contributed by atoms with Gasteiger partial charge in [-0.25, -0.2) is 4.98 Å². The summed E-state index contributed by atoms with van der Waals surface area (Å²) in [4.78, 5) is 21.5. The van der Waals surface area contributed by atoms with Crippen molar-refractivity contribution in [3.05, 3.63) is 18.1 Å². The number of carbonyl (C=O) groups excluding carboxylic acids is 1. The lowest BCUT2D eigenvalue weighted by molar-refractivity contribution is -0.121. The first kappa shape index (κ1) is 11.7. The molecule has 0 saturated carbocycles. The fourth-order valence-electron chi connectivity index (χ4n) is 1.84. The Kier molecular flexibility index (Phi) is 3.50. The molecule has 4 N–H and O–H groups in total. The van der Waals surface area contributed by atoms with Crippen LogP contribution in [0, 0.1) is 0 Å². The molecule has 1 aromatic rings. The van der Waals surface area contributed by atoms with Crippen LogP contribution >= 0.6 is 0 Å². The Balaban J connectivity index is 2.32. The molecule has 17 heavy (non-hydrogen) atoms. The van der Waals surface area contributed by atoms with Crippen molar-refractivity contribution in [2.24, 2.45) is 11.5 Å². The lowest BCUT2D eigenvalue weighted by Crippen LogP contribution is -2.53. The summed E-state index contributed by atoms with van der Waals surface area (Å²) < 4.78 is 5.25. The van der Waals surface area contributed by atoms with Crippen LogP contribution in [-0.2, 0) is 16.1 Å². The highest BCUT2D eigenvalue weighted by Gasteiger charge is 2.30. The zero-order valence-corrected chi connectivity index (χ0v) is 9.37. The van der Waals surface area contributed by atoms with Crippen LogP contribution in [0.15, 0.2) is 12.4 Å². The predicted octanol–water partition coefficient (Wildman–Crippen LogP) is -1.37. The van der Waals surface area contributed by atoms with Gasteiger partial charge in [-0.3, -0.25) is 9.78 Å². The first-order valence-corrected chi connectivity index (χ1v) is 5.37.